The Morgan fingerprint density at radius 1 is 1.00 bits per heavy atom. The lowest BCUT2D eigenvalue weighted by atomic mass is 10.1. The number of nitrogens with two attached hydrogens (primary N) is 1. The molecule has 100 valence electrons. The lowest BCUT2D eigenvalue weighted by Crippen LogP contribution is -1.99. The van der Waals surface area contributed by atoms with Crippen LogP contribution >= 0.6 is 31.9 Å². The van der Waals surface area contributed by atoms with Gasteiger partial charge in [-0.25, -0.2) is 4.98 Å². The van der Waals surface area contributed by atoms with Crippen LogP contribution < -0.4 is 11.1 Å². The third-order valence-electron chi connectivity index (χ3n) is 3.01. The molecule has 0 atom stereocenters. The fraction of sp³-hybridized carbons (Fsp3) is 0. The zero-order chi connectivity index (χ0) is 14.1. The second-order valence-electron chi connectivity index (χ2n) is 4.36. The van der Waals surface area contributed by atoms with E-state index in [0.717, 1.165) is 25.4 Å². The number of hydrogen-bond donors (Lipinski definition) is 2. The van der Waals surface area contributed by atoms with E-state index in [-0.39, 0.29) is 0 Å². The van der Waals surface area contributed by atoms with E-state index in [9.17, 15) is 0 Å². The maximum Gasteiger partial charge on any atom is 0.153 e. The number of hydrogen-bond acceptors (Lipinski definition) is 3. The molecule has 3 aromatic rings. The van der Waals surface area contributed by atoms with Crippen molar-refractivity contribution in [1.29, 1.82) is 0 Å². The molecule has 2 aromatic carbocycles. The van der Waals surface area contributed by atoms with Crippen molar-refractivity contribution >= 4 is 59.8 Å². The van der Waals surface area contributed by atoms with Crippen LogP contribution in [0.1, 0.15) is 0 Å². The van der Waals surface area contributed by atoms with Crippen molar-refractivity contribution in [3.8, 4) is 0 Å². The lowest BCUT2D eigenvalue weighted by Gasteiger charge is -2.12. The molecule has 1 heterocycles. The fourth-order valence-electron chi connectivity index (χ4n) is 2.06. The number of pyridine rings is 1. The van der Waals surface area contributed by atoms with Crippen LogP contribution in [0.25, 0.3) is 10.8 Å². The average Bonchev–Trinajstić information content (AvgIpc) is 2.45. The molecular weight excluding hydrogens is 382 g/mol. The summed E-state index contributed by atoms with van der Waals surface area (Å²) in [6.07, 6.45) is 1.72. The molecule has 0 fully saturated rings. The quantitative estimate of drug-likeness (QED) is 0.638. The van der Waals surface area contributed by atoms with Gasteiger partial charge in [0.1, 0.15) is 0 Å². The van der Waals surface area contributed by atoms with E-state index in [0.29, 0.717) is 11.5 Å². The summed E-state index contributed by atoms with van der Waals surface area (Å²) in [5.74, 6) is 0.653. The number of rotatable bonds is 2. The minimum atomic E-state index is 0.603. The van der Waals surface area contributed by atoms with Crippen molar-refractivity contribution in [3.63, 3.8) is 0 Å². The van der Waals surface area contributed by atoms with E-state index >= 15 is 0 Å². The summed E-state index contributed by atoms with van der Waals surface area (Å²) in [7, 11) is 0. The molecule has 5 heteroatoms. The molecule has 20 heavy (non-hydrogen) atoms. The molecule has 1 aromatic heterocycles. The molecule has 0 aliphatic rings. The van der Waals surface area contributed by atoms with Gasteiger partial charge in [0, 0.05) is 26.2 Å². The standard InChI is InChI=1S/C15H11Br2N3/c16-9-7-13(18)15(19-8-9)20-14-6-5-12(17)10-3-1-2-4-11(10)14/h1-8H,18H2,(H,19,20). The van der Waals surface area contributed by atoms with Gasteiger partial charge in [-0.1, -0.05) is 40.2 Å². The monoisotopic (exact) mass is 391 g/mol. The van der Waals surface area contributed by atoms with Gasteiger partial charge in [-0.15, -0.1) is 0 Å². The first-order chi connectivity index (χ1) is 9.65. The van der Waals surface area contributed by atoms with Gasteiger partial charge < -0.3 is 11.1 Å². The molecular formula is C15H11Br2N3. The van der Waals surface area contributed by atoms with Crippen molar-refractivity contribution in [2.45, 2.75) is 0 Å². The van der Waals surface area contributed by atoms with E-state index in [1.54, 1.807) is 6.20 Å². The van der Waals surface area contributed by atoms with Crippen LogP contribution in [-0.2, 0) is 0 Å². The van der Waals surface area contributed by atoms with Crippen LogP contribution in [0.2, 0.25) is 0 Å². The molecule has 0 spiro atoms. The van der Waals surface area contributed by atoms with Crippen molar-refractivity contribution in [3.05, 3.63) is 57.6 Å². The molecule has 0 bridgehead atoms. The highest BCUT2D eigenvalue weighted by atomic mass is 79.9. The molecule has 3 rings (SSSR count). The maximum atomic E-state index is 5.98. The van der Waals surface area contributed by atoms with E-state index in [1.165, 1.54) is 0 Å². The minimum Gasteiger partial charge on any atom is -0.396 e. The second-order valence-corrected chi connectivity index (χ2v) is 6.13. The number of benzene rings is 2. The Hall–Kier alpha value is -1.59. The largest absolute Gasteiger partial charge is 0.396 e. The number of anilines is 3. The highest BCUT2D eigenvalue weighted by Crippen LogP contribution is 2.32. The Balaban J connectivity index is 2.09. The summed E-state index contributed by atoms with van der Waals surface area (Å²) in [6, 6.07) is 14.0. The van der Waals surface area contributed by atoms with Gasteiger partial charge in [-0.05, 0) is 39.5 Å². The normalized spacial score (nSPS) is 10.7. The highest BCUT2D eigenvalue weighted by Gasteiger charge is 2.07. The van der Waals surface area contributed by atoms with Gasteiger partial charge in [-0.3, -0.25) is 0 Å². The molecule has 0 saturated carbocycles. The van der Waals surface area contributed by atoms with Crippen LogP contribution in [0.5, 0.6) is 0 Å². The van der Waals surface area contributed by atoms with Crippen LogP contribution in [0.3, 0.4) is 0 Å². The molecule has 0 unspecified atom stereocenters. The summed E-state index contributed by atoms with van der Waals surface area (Å²) < 4.78 is 1.93. The Labute approximate surface area is 133 Å². The molecule has 0 radical (unpaired) electrons. The summed E-state index contributed by atoms with van der Waals surface area (Å²) in [6.45, 7) is 0. The van der Waals surface area contributed by atoms with Gasteiger partial charge in [0.25, 0.3) is 0 Å². The first-order valence-electron chi connectivity index (χ1n) is 6.00. The maximum absolute atomic E-state index is 5.98. The van der Waals surface area contributed by atoms with E-state index in [4.69, 9.17) is 5.73 Å². The summed E-state index contributed by atoms with van der Waals surface area (Å²) in [4.78, 5) is 4.31. The number of aromatic nitrogens is 1. The van der Waals surface area contributed by atoms with E-state index in [1.807, 2.05) is 30.3 Å². The first kappa shape index (κ1) is 13.4. The topological polar surface area (TPSA) is 50.9 Å². The number of nitrogen functional groups attached to an aromatic ring is 1. The number of halogens is 2. The zero-order valence-corrected chi connectivity index (χ0v) is 13.6. The van der Waals surface area contributed by atoms with Gasteiger partial charge in [0.2, 0.25) is 0 Å². The zero-order valence-electron chi connectivity index (χ0n) is 10.4. The smallest absolute Gasteiger partial charge is 0.153 e. The number of nitrogens with zero attached hydrogens (tertiary/aromatic N) is 1. The fourth-order valence-corrected chi connectivity index (χ4v) is 2.89. The highest BCUT2D eigenvalue weighted by molar-refractivity contribution is 9.11. The summed E-state index contributed by atoms with van der Waals surface area (Å²) in [5.41, 5.74) is 7.56. The molecule has 3 nitrogen and oxygen atoms in total. The van der Waals surface area contributed by atoms with Crippen LogP contribution in [0.4, 0.5) is 17.2 Å². The Morgan fingerprint density at radius 3 is 2.50 bits per heavy atom. The SMILES string of the molecule is Nc1cc(Br)cnc1Nc1ccc(Br)c2ccccc12. The second kappa shape index (κ2) is 5.42. The van der Waals surface area contributed by atoms with Crippen molar-refractivity contribution in [2.24, 2.45) is 0 Å². The predicted octanol–water partition coefficient (Wildman–Crippen LogP) is 5.09. The molecule has 0 aliphatic carbocycles. The number of fused-ring (bicyclic) bond motifs is 1. The van der Waals surface area contributed by atoms with Gasteiger partial charge in [0.05, 0.1) is 5.69 Å². The third kappa shape index (κ3) is 2.51. The summed E-state index contributed by atoms with van der Waals surface area (Å²) in [5, 5.41) is 5.55. The van der Waals surface area contributed by atoms with E-state index in [2.05, 4.69) is 54.3 Å². The number of nitrogens with one attached hydrogen (secondary N) is 1. The summed E-state index contributed by atoms with van der Waals surface area (Å²) >= 11 is 6.92. The van der Waals surface area contributed by atoms with Crippen molar-refractivity contribution < 1.29 is 0 Å². The predicted molar refractivity (Wildman–Crippen MR) is 91.3 cm³/mol. The average molecular weight is 393 g/mol. The van der Waals surface area contributed by atoms with Crippen LogP contribution in [-0.4, -0.2) is 4.98 Å². The van der Waals surface area contributed by atoms with Crippen LogP contribution in [0.15, 0.2) is 57.6 Å². The third-order valence-corrected chi connectivity index (χ3v) is 4.13. The molecule has 0 saturated heterocycles. The Bertz CT molecular complexity index is 787. The van der Waals surface area contributed by atoms with Gasteiger partial charge in [0.15, 0.2) is 5.82 Å². The van der Waals surface area contributed by atoms with E-state index < -0.39 is 0 Å². The van der Waals surface area contributed by atoms with Crippen LogP contribution in [0, 0.1) is 0 Å². The van der Waals surface area contributed by atoms with Gasteiger partial charge in [-0.2, -0.15) is 0 Å². The minimum absolute atomic E-state index is 0.603. The first-order valence-corrected chi connectivity index (χ1v) is 7.59. The van der Waals surface area contributed by atoms with Crippen molar-refractivity contribution in [2.75, 3.05) is 11.1 Å². The lowest BCUT2D eigenvalue weighted by molar-refractivity contribution is 1.30. The molecule has 3 N–H and O–H groups in total. The van der Waals surface area contributed by atoms with Crippen molar-refractivity contribution in [1.82, 2.24) is 4.98 Å². The molecule has 0 amide bonds. The Kier molecular flexibility index (Phi) is 3.63. The Morgan fingerprint density at radius 2 is 1.75 bits per heavy atom. The molecule has 0 aliphatic heterocycles. The van der Waals surface area contributed by atoms with Gasteiger partial charge >= 0.3 is 0 Å².